The van der Waals surface area contributed by atoms with Gasteiger partial charge in [0.1, 0.15) is 12.5 Å². The normalized spacial score (nSPS) is 19.8. The Morgan fingerprint density at radius 1 is 1.44 bits per heavy atom. The summed E-state index contributed by atoms with van der Waals surface area (Å²) in [6.07, 6.45) is 0.538. The number of halogens is 1. The molecular formula is C13H16FNO3. The Balaban J connectivity index is 1.88. The zero-order valence-electron chi connectivity index (χ0n) is 10.3. The first-order valence-corrected chi connectivity index (χ1v) is 5.90. The van der Waals surface area contributed by atoms with E-state index in [-0.39, 0.29) is 12.7 Å². The Morgan fingerprint density at radius 2 is 2.17 bits per heavy atom. The summed E-state index contributed by atoms with van der Waals surface area (Å²) in [5, 5.41) is 0. The van der Waals surface area contributed by atoms with Crippen molar-refractivity contribution >= 4 is 5.97 Å². The summed E-state index contributed by atoms with van der Waals surface area (Å²) in [4.78, 5) is 12.9. The van der Waals surface area contributed by atoms with Crippen molar-refractivity contribution in [1.82, 2.24) is 4.90 Å². The van der Waals surface area contributed by atoms with Gasteiger partial charge in [0.05, 0.1) is 12.7 Å². The van der Waals surface area contributed by atoms with Crippen LogP contribution in [0.2, 0.25) is 0 Å². The molecule has 1 atom stereocenters. The molecule has 18 heavy (non-hydrogen) atoms. The van der Waals surface area contributed by atoms with E-state index in [4.69, 9.17) is 4.74 Å². The van der Waals surface area contributed by atoms with Crippen LogP contribution < -0.4 is 4.74 Å². The number of nitrogens with zero attached hydrogens (tertiary/aromatic N) is 1. The maximum Gasteiger partial charge on any atom is 0.337 e. The fourth-order valence-electron chi connectivity index (χ4n) is 1.89. The van der Waals surface area contributed by atoms with Crippen LogP contribution in [0.1, 0.15) is 23.2 Å². The molecule has 0 N–H and O–H groups in total. The number of ether oxygens (including phenoxy) is 2. The highest BCUT2D eigenvalue weighted by molar-refractivity contribution is 5.89. The molecule has 1 aliphatic heterocycles. The average molecular weight is 253 g/mol. The van der Waals surface area contributed by atoms with Gasteiger partial charge in [-0.05, 0) is 37.1 Å². The van der Waals surface area contributed by atoms with Crippen molar-refractivity contribution < 1.29 is 18.7 Å². The minimum atomic E-state index is -0.903. The van der Waals surface area contributed by atoms with Crippen LogP contribution in [0.25, 0.3) is 0 Å². The number of hydrogen-bond donors (Lipinski definition) is 0. The third-order valence-corrected chi connectivity index (χ3v) is 2.96. The maximum atomic E-state index is 13.3. The molecule has 0 saturated carbocycles. The predicted molar refractivity (Wildman–Crippen MR) is 64.1 cm³/mol. The molecule has 0 radical (unpaired) electrons. The zero-order chi connectivity index (χ0) is 13.0. The number of carbonyl (C=O) groups is 1. The van der Waals surface area contributed by atoms with Crippen LogP contribution in [0.15, 0.2) is 24.3 Å². The summed E-state index contributed by atoms with van der Waals surface area (Å²) < 4.78 is 23.3. The van der Waals surface area contributed by atoms with Crippen LogP contribution >= 0.6 is 0 Å². The van der Waals surface area contributed by atoms with Crippen LogP contribution in [-0.2, 0) is 4.74 Å². The lowest BCUT2D eigenvalue weighted by Crippen LogP contribution is -2.30. The molecule has 0 amide bonds. The minimum absolute atomic E-state index is 0.235. The SMILES string of the molecule is COC(=O)c1ccc(OCN2CCCC2F)cc1. The van der Waals surface area contributed by atoms with E-state index < -0.39 is 6.30 Å². The van der Waals surface area contributed by atoms with E-state index in [2.05, 4.69) is 4.74 Å². The first kappa shape index (κ1) is 12.8. The average Bonchev–Trinajstić information content (AvgIpc) is 2.81. The van der Waals surface area contributed by atoms with Gasteiger partial charge < -0.3 is 9.47 Å². The van der Waals surface area contributed by atoms with Crippen molar-refractivity contribution in [3.63, 3.8) is 0 Å². The van der Waals surface area contributed by atoms with Gasteiger partial charge in [-0.15, -0.1) is 0 Å². The molecule has 0 bridgehead atoms. The molecule has 1 heterocycles. The second kappa shape index (κ2) is 5.82. The molecule has 2 rings (SSSR count). The second-order valence-electron chi connectivity index (χ2n) is 4.18. The molecule has 0 aliphatic carbocycles. The number of alkyl halides is 1. The van der Waals surface area contributed by atoms with Gasteiger partial charge in [0.2, 0.25) is 0 Å². The van der Waals surface area contributed by atoms with Crippen LogP contribution in [0, 0.1) is 0 Å². The number of esters is 1. The summed E-state index contributed by atoms with van der Waals surface area (Å²) in [6.45, 7) is 0.958. The van der Waals surface area contributed by atoms with Gasteiger partial charge in [-0.3, -0.25) is 0 Å². The molecule has 0 aromatic heterocycles. The van der Waals surface area contributed by atoms with E-state index in [0.29, 0.717) is 17.7 Å². The van der Waals surface area contributed by atoms with Crippen LogP contribution in [0.4, 0.5) is 4.39 Å². The van der Waals surface area contributed by atoms with Crippen molar-refractivity contribution in [3.8, 4) is 5.75 Å². The molecule has 4 nitrogen and oxygen atoms in total. The van der Waals surface area contributed by atoms with E-state index in [1.54, 1.807) is 29.2 Å². The molecular weight excluding hydrogens is 237 g/mol. The van der Waals surface area contributed by atoms with Crippen molar-refractivity contribution in [2.75, 3.05) is 20.4 Å². The monoisotopic (exact) mass is 253 g/mol. The molecule has 1 aromatic rings. The third kappa shape index (κ3) is 2.98. The minimum Gasteiger partial charge on any atom is -0.478 e. The van der Waals surface area contributed by atoms with Gasteiger partial charge in [0, 0.05) is 6.54 Å². The third-order valence-electron chi connectivity index (χ3n) is 2.96. The molecule has 1 aromatic carbocycles. The Labute approximate surface area is 105 Å². The lowest BCUT2D eigenvalue weighted by atomic mass is 10.2. The van der Waals surface area contributed by atoms with E-state index in [0.717, 1.165) is 13.0 Å². The fourth-order valence-corrected chi connectivity index (χ4v) is 1.89. The highest BCUT2D eigenvalue weighted by atomic mass is 19.1. The Hall–Kier alpha value is -1.62. The topological polar surface area (TPSA) is 38.8 Å². The van der Waals surface area contributed by atoms with Crippen LogP contribution in [-0.4, -0.2) is 37.6 Å². The lowest BCUT2D eigenvalue weighted by Gasteiger charge is -2.18. The number of likely N-dealkylation sites (tertiary alicyclic amines) is 1. The van der Waals surface area contributed by atoms with E-state index in [1.165, 1.54) is 7.11 Å². The van der Waals surface area contributed by atoms with Gasteiger partial charge in [0.25, 0.3) is 0 Å². The molecule has 98 valence electrons. The first-order chi connectivity index (χ1) is 8.70. The maximum absolute atomic E-state index is 13.3. The molecule has 1 fully saturated rings. The largest absolute Gasteiger partial charge is 0.478 e. The quantitative estimate of drug-likeness (QED) is 0.609. The summed E-state index contributed by atoms with van der Waals surface area (Å²) >= 11 is 0. The first-order valence-electron chi connectivity index (χ1n) is 5.90. The highest BCUT2D eigenvalue weighted by Gasteiger charge is 2.23. The predicted octanol–water partition coefficient (Wildman–Crippen LogP) is 2.20. The zero-order valence-corrected chi connectivity index (χ0v) is 10.3. The Morgan fingerprint density at radius 3 is 2.72 bits per heavy atom. The van der Waals surface area contributed by atoms with Gasteiger partial charge in [-0.2, -0.15) is 0 Å². The number of methoxy groups -OCH3 is 1. The van der Waals surface area contributed by atoms with Gasteiger partial charge in [-0.1, -0.05) is 0 Å². The molecule has 1 saturated heterocycles. The van der Waals surface area contributed by atoms with Crippen molar-refractivity contribution in [1.29, 1.82) is 0 Å². The molecule has 1 aliphatic rings. The fraction of sp³-hybridized carbons (Fsp3) is 0.462. The van der Waals surface area contributed by atoms with Gasteiger partial charge >= 0.3 is 5.97 Å². The van der Waals surface area contributed by atoms with E-state index in [1.807, 2.05) is 0 Å². The number of benzene rings is 1. The summed E-state index contributed by atoms with van der Waals surface area (Å²) in [7, 11) is 1.33. The van der Waals surface area contributed by atoms with Gasteiger partial charge in [-0.25, -0.2) is 14.1 Å². The molecule has 1 unspecified atom stereocenters. The van der Waals surface area contributed by atoms with Crippen molar-refractivity contribution in [3.05, 3.63) is 29.8 Å². The summed E-state index contributed by atoms with van der Waals surface area (Å²) in [5.41, 5.74) is 0.467. The lowest BCUT2D eigenvalue weighted by molar-refractivity contribution is 0.0509. The summed E-state index contributed by atoms with van der Waals surface area (Å²) in [5.74, 6) is 0.228. The standard InChI is InChI=1S/C13H16FNO3/c1-17-13(16)10-4-6-11(7-5-10)18-9-15-8-2-3-12(15)14/h4-7,12H,2-3,8-9H2,1H3. The number of hydrogen-bond acceptors (Lipinski definition) is 4. The van der Waals surface area contributed by atoms with Gasteiger partial charge in [0.15, 0.2) is 6.30 Å². The van der Waals surface area contributed by atoms with Crippen LogP contribution in [0.3, 0.4) is 0 Å². The second-order valence-corrected chi connectivity index (χ2v) is 4.18. The van der Waals surface area contributed by atoms with Crippen LogP contribution in [0.5, 0.6) is 5.75 Å². The van der Waals surface area contributed by atoms with E-state index in [9.17, 15) is 9.18 Å². The highest BCUT2D eigenvalue weighted by Crippen LogP contribution is 2.19. The van der Waals surface area contributed by atoms with Crippen molar-refractivity contribution in [2.45, 2.75) is 19.1 Å². The number of carbonyl (C=O) groups excluding carboxylic acids is 1. The van der Waals surface area contributed by atoms with E-state index >= 15 is 0 Å². The van der Waals surface area contributed by atoms with Crippen molar-refractivity contribution in [2.24, 2.45) is 0 Å². The summed E-state index contributed by atoms with van der Waals surface area (Å²) in [6, 6.07) is 6.60. The molecule has 0 spiro atoms. The Kier molecular flexibility index (Phi) is 4.15. The number of rotatable bonds is 4. The Bertz CT molecular complexity index is 407. The molecule has 5 heteroatoms. The smallest absolute Gasteiger partial charge is 0.337 e.